The summed E-state index contributed by atoms with van der Waals surface area (Å²) in [6.45, 7) is 24.1. The van der Waals surface area contributed by atoms with Crippen LogP contribution in [0.5, 0.6) is 0 Å². The molecule has 2 aliphatic rings. The van der Waals surface area contributed by atoms with E-state index in [0.29, 0.717) is 5.56 Å². The summed E-state index contributed by atoms with van der Waals surface area (Å²) in [4.78, 5) is 30.4. The molecule has 2 saturated heterocycles. The standard InChI is InChI=1S/C31H51N3O7Si3/c1-20(2)43(21(3)4)37-19-25-27(40-44(41-43,22(5)6)23(7)8)28(39-42(9,10)11)30(38-25)34-18-17-26(33-31(34)36)32-29(35)24-15-13-12-14-16-24/h12-18,20-23,25,27-28,30H,19H2,1-11H3,(H,32,33,35,36)/t25-,27-,28-,30-/m1/s1. The summed E-state index contributed by atoms with van der Waals surface area (Å²) in [5.41, 5.74) is 0.589. The van der Waals surface area contributed by atoms with Crippen molar-refractivity contribution in [1.29, 1.82) is 0 Å². The summed E-state index contributed by atoms with van der Waals surface area (Å²) in [7, 11) is -7.88. The van der Waals surface area contributed by atoms with Gasteiger partial charge in [-0.25, -0.2) is 4.79 Å². The van der Waals surface area contributed by atoms with Gasteiger partial charge in [-0.3, -0.25) is 9.36 Å². The van der Waals surface area contributed by atoms with Crippen molar-refractivity contribution in [3.8, 4) is 0 Å². The first-order chi connectivity index (χ1) is 20.5. The molecule has 0 saturated carbocycles. The van der Waals surface area contributed by atoms with E-state index in [0.717, 1.165) is 0 Å². The van der Waals surface area contributed by atoms with Gasteiger partial charge in [0.2, 0.25) is 0 Å². The number of carbonyl (C=O) groups is 1. The fraction of sp³-hybridized carbons (Fsp3) is 0.645. The van der Waals surface area contributed by atoms with Gasteiger partial charge in [0, 0.05) is 11.8 Å². The molecule has 3 heterocycles. The van der Waals surface area contributed by atoms with Gasteiger partial charge >= 0.3 is 22.8 Å². The molecule has 244 valence electrons. The molecule has 2 fully saturated rings. The Labute approximate surface area is 265 Å². The lowest BCUT2D eigenvalue weighted by Crippen LogP contribution is -2.66. The van der Waals surface area contributed by atoms with Gasteiger partial charge in [-0.05, 0) is 60.0 Å². The quantitative estimate of drug-likeness (QED) is 0.301. The van der Waals surface area contributed by atoms with Crippen LogP contribution >= 0.6 is 0 Å². The summed E-state index contributed by atoms with van der Waals surface area (Å²) >= 11 is 0. The predicted molar refractivity (Wildman–Crippen MR) is 179 cm³/mol. The van der Waals surface area contributed by atoms with Crippen LogP contribution in [0.15, 0.2) is 47.4 Å². The van der Waals surface area contributed by atoms with Gasteiger partial charge in [0.25, 0.3) is 5.91 Å². The van der Waals surface area contributed by atoms with E-state index in [9.17, 15) is 9.59 Å². The lowest BCUT2D eigenvalue weighted by molar-refractivity contribution is -0.0591. The van der Waals surface area contributed by atoms with Crippen LogP contribution in [0.3, 0.4) is 0 Å². The lowest BCUT2D eigenvalue weighted by Gasteiger charge is -2.51. The summed E-state index contributed by atoms with van der Waals surface area (Å²) in [5, 5.41) is 2.72. The molecule has 2 aromatic rings. The van der Waals surface area contributed by atoms with Gasteiger partial charge in [0.1, 0.15) is 24.1 Å². The zero-order valence-corrected chi connectivity index (χ0v) is 31.1. The Morgan fingerprint density at radius 3 is 2.07 bits per heavy atom. The molecule has 13 heteroatoms. The van der Waals surface area contributed by atoms with E-state index in [-0.39, 0.29) is 40.5 Å². The molecule has 10 nitrogen and oxygen atoms in total. The Hall–Kier alpha value is -1.98. The number of hydrogen-bond acceptors (Lipinski definition) is 8. The summed E-state index contributed by atoms with van der Waals surface area (Å²) in [6, 6.07) is 10.4. The van der Waals surface area contributed by atoms with Gasteiger partial charge in [0.05, 0.1) is 6.61 Å². The maximum atomic E-state index is 13.5. The van der Waals surface area contributed by atoms with Gasteiger partial charge in [-0.15, -0.1) is 0 Å². The number of carbonyl (C=O) groups excluding carboxylic acids is 1. The summed E-state index contributed by atoms with van der Waals surface area (Å²) in [5.74, 6) is -0.182. The molecule has 4 rings (SSSR count). The first-order valence-corrected chi connectivity index (χ1v) is 23.2. The van der Waals surface area contributed by atoms with Gasteiger partial charge in [-0.1, -0.05) is 73.6 Å². The highest BCUT2D eigenvalue weighted by Gasteiger charge is 2.62. The Kier molecular flexibility index (Phi) is 10.6. The van der Waals surface area contributed by atoms with E-state index in [1.54, 1.807) is 36.5 Å². The highest BCUT2D eigenvalue weighted by Crippen LogP contribution is 2.49. The summed E-state index contributed by atoms with van der Waals surface area (Å²) < 4.78 is 36.5. The van der Waals surface area contributed by atoms with Crippen LogP contribution in [0, 0.1) is 0 Å². The molecule has 0 aliphatic carbocycles. The van der Waals surface area contributed by atoms with E-state index < -0.39 is 55.7 Å². The molecule has 4 atom stereocenters. The fourth-order valence-electron chi connectivity index (χ4n) is 6.33. The predicted octanol–water partition coefficient (Wildman–Crippen LogP) is 6.57. The van der Waals surface area contributed by atoms with Crippen molar-refractivity contribution in [3.63, 3.8) is 0 Å². The van der Waals surface area contributed by atoms with Crippen molar-refractivity contribution in [3.05, 3.63) is 58.6 Å². The molecule has 1 N–H and O–H groups in total. The SMILES string of the molecule is CC(C)[Si]1(C(C)C)OC[C@H]2O[C@@H](n3ccc(NC(=O)c4ccccc4)nc3=O)[C@H](O[Si](C)(C)C)[C@@H]2O[Si](C(C)C)(C(C)C)O1. The number of nitrogens with one attached hydrogen (secondary N) is 1. The van der Waals surface area contributed by atoms with E-state index in [4.69, 9.17) is 22.1 Å². The van der Waals surface area contributed by atoms with Gasteiger partial charge < -0.3 is 27.4 Å². The zero-order valence-electron chi connectivity index (χ0n) is 28.1. The maximum Gasteiger partial charge on any atom is 0.351 e. The molecule has 0 radical (unpaired) electrons. The van der Waals surface area contributed by atoms with Crippen LogP contribution in [0.25, 0.3) is 0 Å². The largest absolute Gasteiger partial charge is 0.414 e. The first-order valence-electron chi connectivity index (χ1n) is 15.8. The maximum absolute atomic E-state index is 13.5. The fourth-order valence-corrected chi connectivity index (χ4v) is 18.6. The molecule has 1 aromatic carbocycles. The van der Waals surface area contributed by atoms with Crippen LogP contribution in [-0.2, 0) is 22.1 Å². The average Bonchev–Trinajstić information content (AvgIpc) is 3.22. The number of aromatic nitrogens is 2. The topological polar surface area (TPSA) is 110 Å². The molecule has 1 aromatic heterocycles. The zero-order chi connectivity index (χ0) is 32.6. The van der Waals surface area contributed by atoms with Crippen molar-refractivity contribution in [2.24, 2.45) is 0 Å². The number of ether oxygens (including phenoxy) is 1. The van der Waals surface area contributed by atoms with Gasteiger partial charge in [-0.2, -0.15) is 4.98 Å². The van der Waals surface area contributed by atoms with E-state index in [1.807, 2.05) is 6.07 Å². The summed E-state index contributed by atoms with van der Waals surface area (Å²) in [6.07, 6.45) is -0.742. The van der Waals surface area contributed by atoms with Gasteiger partial charge in [0.15, 0.2) is 14.5 Å². The Bertz CT molecular complexity index is 1330. The normalized spacial score (nSPS) is 25.2. The van der Waals surface area contributed by atoms with Crippen molar-refractivity contribution in [2.45, 2.75) is 122 Å². The molecule has 44 heavy (non-hydrogen) atoms. The van der Waals surface area contributed by atoms with E-state index in [1.165, 1.54) is 4.57 Å². The number of rotatable bonds is 9. The number of anilines is 1. The number of hydrogen-bond donors (Lipinski definition) is 1. The van der Waals surface area contributed by atoms with Crippen molar-refractivity contribution < 1.29 is 26.9 Å². The van der Waals surface area contributed by atoms with Crippen LogP contribution in [0.1, 0.15) is 72.0 Å². The number of benzene rings is 1. The van der Waals surface area contributed by atoms with E-state index in [2.05, 4.69) is 85.3 Å². The highest BCUT2D eigenvalue weighted by molar-refractivity contribution is 6.84. The second-order valence-corrected chi connectivity index (χ2v) is 27.4. The van der Waals surface area contributed by atoms with Crippen molar-refractivity contribution in [1.82, 2.24) is 9.55 Å². The minimum Gasteiger partial charge on any atom is -0.414 e. The third-order valence-electron chi connectivity index (χ3n) is 8.49. The third kappa shape index (κ3) is 7.04. The molecule has 0 unspecified atom stereocenters. The molecule has 1 amide bonds. The minimum absolute atomic E-state index is 0.137. The van der Waals surface area contributed by atoms with Crippen LogP contribution < -0.4 is 11.0 Å². The first kappa shape index (κ1) is 34.9. The molecular formula is C31H51N3O7Si3. The second kappa shape index (κ2) is 13.4. The molecule has 0 bridgehead atoms. The number of amides is 1. The molecule has 0 spiro atoms. The van der Waals surface area contributed by atoms with Crippen molar-refractivity contribution >= 4 is 37.2 Å². The average molecular weight is 662 g/mol. The van der Waals surface area contributed by atoms with Crippen LogP contribution in [-0.4, -0.2) is 65.8 Å². The minimum atomic E-state index is -2.95. The monoisotopic (exact) mass is 661 g/mol. The Balaban J connectivity index is 1.75. The highest BCUT2D eigenvalue weighted by atomic mass is 28.5. The third-order valence-corrected chi connectivity index (χ3v) is 19.7. The Morgan fingerprint density at radius 1 is 0.955 bits per heavy atom. The number of fused-ring (bicyclic) bond motifs is 1. The van der Waals surface area contributed by atoms with Crippen LogP contribution in [0.4, 0.5) is 5.82 Å². The molecule has 2 aliphatic heterocycles. The lowest BCUT2D eigenvalue weighted by atomic mass is 10.1. The van der Waals surface area contributed by atoms with Crippen molar-refractivity contribution in [2.75, 3.05) is 11.9 Å². The molecular weight excluding hydrogens is 611 g/mol. The van der Waals surface area contributed by atoms with E-state index >= 15 is 0 Å². The van der Waals surface area contributed by atoms with Crippen LogP contribution in [0.2, 0.25) is 41.8 Å². The smallest absolute Gasteiger partial charge is 0.351 e. The second-order valence-electron chi connectivity index (χ2n) is 14.1. The Morgan fingerprint density at radius 2 is 1.55 bits per heavy atom. The number of nitrogens with zero attached hydrogens (tertiary/aromatic N) is 2.